The molecule has 0 N–H and O–H groups in total. The van der Waals surface area contributed by atoms with E-state index >= 15 is 0 Å². The molecule has 0 spiro atoms. The van der Waals surface area contributed by atoms with Gasteiger partial charge < -0.3 is 0 Å². The zero-order valence-corrected chi connectivity index (χ0v) is 13.2. The fourth-order valence-electron chi connectivity index (χ4n) is 1.18. The molecule has 2 rings (SSSR count). The Balaban J connectivity index is 2.58. The Hall–Kier alpha value is 0.0300. The molecule has 0 aliphatic carbocycles. The van der Waals surface area contributed by atoms with Gasteiger partial charge in [-0.2, -0.15) is 0 Å². The van der Waals surface area contributed by atoms with Crippen LogP contribution in [0.1, 0.15) is 0 Å². The topological polar surface area (TPSA) is 25.8 Å². The maximum Gasteiger partial charge on any atom is 0.162 e. The first kappa shape index (κ1) is 12.5. The van der Waals surface area contributed by atoms with Gasteiger partial charge in [0.15, 0.2) is 5.82 Å². The van der Waals surface area contributed by atoms with Crippen molar-refractivity contribution in [2.24, 2.45) is 0 Å². The predicted molar refractivity (Wildman–Crippen MR) is 75.6 cm³/mol. The Morgan fingerprint density at radius 2 is 1.56 bits per heavy atom. The van der Waals surface area contributed by atoms with Crippen LogP contribution in [-0.2, 0) is 0 Å². The molecule has 0 radical (unpaired) electrons. The fourth-order valence-corrected chi connectivity index (χ4v) is 3.12. The van der Waals surface area contributed by atoms with Crippen molar-refractivity contribution in [3.8, 4) is 11.4 Å². The third-order valence-corrected chi connectivity index (χ3v) is 3.54. The first-order valence-electron chi connectivity index (χ1n) is 4.22. The third-order valence-electron chi connectivity index (χ3n) is 1.84. The second-order valence-electron chi connectivity index (χ2n) is 2.96. The van der Waals surface area contributed by atoms with Crippen molar-refractivity contribution in [2.45, 2.75) is 0 Å². The zero-order chi connectivity index (χ0) is 11.7. The smallest absolute Gasteiger partial charge is 0.162 e. The van der Waals surface area contributed by atoms with Crippen LogP contribution in [0.4, 0.5) is 0 Å². The van der Waals surface area contributed by atoms with Gasteiger partial charge in [-0.1, -0.05) is 11.6 Å². The van der Waals surface area contributed by atoms with E-state index in [1.165, 1.54) is 0 Å². The van der Waals surface area contributed by atoms with Crippen LogP contribution < -0.4 is 0 Å². The van der Waals surface area contributed by atoms with Gasteiger partial charge in [0.2, 0.25) is 0 Å². The van der Waals surface area contributed by atoms with Gasteiger partial charge in [0, 0.05) is 21.1 Å². The highest BCUT2D eigenvalue weighted by Gasteiger charge is 2.08. The summed E-state index contributed by atoms with van der Waals surface area (Å²) in [6.07, 6.45) is 0. The summed E-state index contributed by atoms with van der Waals surface area (Å²) in [5.41, 5.74) is 0.895. The van der Waals surface area contributed by atoms with Crippen LogP contribution in [0.15, 0.2) is 37.9 Å². The minimum Gasteiger partial charge on any atom is -0.221 e. The Kier molecular flexibility index (Phi) is 4.00. The van der Waals surface area contributed by atoms with Gasteiger partial charge in [0.25, 0.3) is 0 Å². The maximum atomic E-state index is 5.88. The lowest BCUT2D eigenvalue weighted by molar-refractivity contribution is 1.12. The summed E-state index contributed by atoms with van der Waals surface area (Å²) in [6, 6.07) is 7.28. The van der Waals surface area contributed by atoms with Crippen LogP contribution >= 0.6 is 59.4 Å². The lowest BCUT2D eigenvalue weighted by atomic mass is 10.2. The highest BCUT2D eigenvalue weighted by Crippen LogP contribution is 2.29. The molecular formula is C10H4Br3ClN2. The zero-order valence-electron chi connectivity index (χ0n) is 7.72. The first-order chi connectivity index (χ1) is 7.56. The molecule has 2 aromatic rings. The number of rotatable bonds is 1. The van der Waals surface area contributed by atoms with E-state index in [0.29, 0.717) is 10.8 Å². The molecule has 0 unspecified atom stereocenters. The van der Waals surface area contributed by atoms with Crippen molar-refractivity contribution in [1.82, 2.24) is 9.97 Å². The summed E-state index contributed by atoms with van der Waals surface area (Å²) in [5.74, 6) is 0.629. The molecule has 6 heteroatoms. The summed E-state index contributed by atoms with van der Waals surface area (Å²) in [5, 5.41) is 0.671. The van der Waals surface area contributed by atoms with Crippen LogP contribution in [0.5, 0.6) is 0 Å². The molecule has 0 saturated heterocycles. The number of hydrogen-bond acceptors (Lipinski definition) is 2. The Bertz CT molecular complexity index is 525. The van der Waals surface area contributed by atoms with E-state index in [1.54, 1.807) is 12.1 Å². The van der Waals surface area contributed by atoms with Crippen molar-refractivity contribution in [3.63, 3.8) is 0 Å². The van der Waals surface area contributed by atoms with E-state index in [2.05, 4.69) is 57.8 Å². The van der Waals surface area contributed by atoms with Crippen LogP contribution in [0.25, 0.3) is 11.4 Å². The molecule has 0 aliphatic heterocycles. The van der Waals surface area contributed by atoms with Crippen LogP contribution in [0.2, 0.25) is 5.02 Å². The number of nitrogens with zero attached hydrogens (tertiary/aromatic N) is 2. The van der Waals surface area contributed by atoms with E-state index in [4.69, 9.17) is 11.6 Å². The molecule has 82 valence electrons. The lowest BCUT2D eigenvalue weighted by Gasteiger charge is -2.04. The highest BCUT2D eigenvalue weighted by molar-refractivity contribution is 9.11. The van der Waals surface area contributed by atoms with E-state index in [0.717, 1.165) is 19.2 Å². The summed E-state index contributed by atoms with van der Waals surface area (Å²) in [4.78, 5) is 8.59. The summed E-state index contributed by atoms with van der Waals surface area (Å²) in [6.45, 7) is 0. The molecular weight excluding hydrogens is 423 g/mol. The second-order valence-corrected chi connectivity index (χ2v) is 5.88. The molecule has 0 aliphatic rings. The number of halogens is 4. The van der Waals surface area contributed by atoms with Crippen molar-refractivity contribution in [1.29, 1.82) is 0 Å². The molecule has 1 aromatic heterocycles. The Morgan fingerprint density at radius 1 is 0.938 bits per heavy atom. The fraction of sp³-hybridized carbons (Fsp3) is 0. The Morgan fingerprint density at radius 3 is 2.12 bits per heavy atom. The largest absolute Gasteiger partial charge is 0.221 e. The van der Waals surface area contributed by atoms with Crippen molar-refractivity contribution in [2.75, 3.05) is 0 Å². The summed E-state index contributed by atoms with van der Waals surface area (Å²) >= 11 is 16.0. The number of benzene rings is 1. The van der Waals surface area contributed by atoms with Gasteiger partial charge in [0.1, 0.15) is 9.21 Å². The van der Waals surface area contributed by atoms with E-state index < -0.39 is 0 Å². The van der Waals surface area contributed by atoms with Crippen LogP contribution in [-0.4, -0.2) is 9.97 Å². The van der Waals surface area contributed by atoms with Gasteiger partial charge in [0.05, 0.1) is 0 Å². The maximum absolute atomic E-state index is 5.88. The van der Waals surface area contributed by atoms with Crippen molar-refractivity contribution < 1.29 is 0 Å². The summed E-state index contributed by atoms with van der Waals surface area (Å²) in [7, 11) is 0. The molecule has 16 heavy (non-hydrogen) atoms. The van der Waals surface area contributed by atoms with Crippen molar-refractivity contribution in [3.05, 3.63) is 43.0 Å². The quantitative estimate of drug-likeness (QED) is 0.593. The molecule has 0 saturated carbocycles. The third kappa shape index (κ3) is 2.83. The SMILES string of the molecule is Clc1ccc(-c2nc(Br)cc(Br)n2)c(Br)c1. The van der Waals surface area contributed by atoms with Gasteiger partial charge in [-0.25, -0.2) is 9.97 Å². The van der Waals surface area contributed by atoms with Gasteiger partial charge >= 0.3 is 0 Å². The van der Waals surface area contributed by atoms with Crippen LogP contribution in [0.3, 0.4) is 0 Å². The Labute approximate surface area is 123 Å². The van der Waals surface area contributed by atoms with E-state index in [1.807, 2.05) is 12.1 Å². The minimum absolute atomic E-state index is 0.629. The predicted octanol–water partition coefficient (Wildman–Crippen LogP) is 5.08. The monoisotopic (exact) mass is 424 g/mol. The molecule has 1 heterocycles. The molecule has 0 amide bonds. The van der Waals surface area contributed by atoms with E-state index in [9.17, 15) is 0 Å². The molecule has 1 aromatic carbocycles. The van der Waals surface area contributed by atoms with Crippen molar-refractivity contribution >= 4 is 59.4 Å². The minimum atomic E-state index is 0.629. The first-order valence-corrected chi connectivity index (χ1v) is 6.97. The molecule has 2 nitrogen and oxygen atoms in total. The molecule has 0 atom stereocenters. The molecule has 0 fully saturated rings. The molecule has 0 bridgehead atoms. The second kappa shape index (κ2) is 5.12. The lowest BCUT2D eigenvalue weighted by Crippen LogP contribution is -1.91. The average molecular weight is 427 g/mol. The van der Waals surface area contributed by atoms with Gasteiger partial charge in [-0.15, -0.1) is 0 Å². The number of aromatic nitrogens is 2. The van der Waals surface area contributed by atoms with Crippen LogP contribution in [0, 0.1) is 0 Å². The standard InChI is InChI=1S/C10H4Br3ClN2/c11-7-3-5(14)1-2-6(7)10-15-8(12)4-9(13)16-10/h1-4H. The summed E-state index contributed by atoms with van der Waals surface area (Å²) < 4.78 is 2.32. The average Bonchev–Trinajstić information content (AvgIpc) is 2.15. The number of hydrogen-bond donors (Lipinski definition) is 0. The van der Waals surface area contributed by atoms with Gasteiger partial charge in [-0.05, 0) is 66.0 Å². The highest BCUT2D eigenvalue weighted by atomic mass is 79.9. The van der Waals surface area contributed by atoms with E-state index in [-0.39, 0.29) is 0 Å². The normalized spacial score (nSPS) is 10.5. The van der Waals surface area contributed by atoms with Gasteiger partial charge in [-0.3, -0.25) is 0 Å².